The van der Waals surface area contributed by atoms with Crippen LogP contribution in [0.25, 0.3) is 0 Å². The SMILES string of the molecule is CCC(SC1=Nc2ccccc2C2=NC(CC(=O)NCc3ccc4c(c3)OCO4)C(=O)N12)C(=O)NCc1ccc(C)cc1. The van der Waals surface area contributed by atoms with Crippen molar-refractivity contribution < 1.29 is 23.9 Å². The Morgan fingerprint density at radius 1 is 1.00 bits per heavy atom. The summed E-state index contributed by atoms with van der Waals surface area (Å²) in [5, 5.41) is 5.78. The molecule has 3 aliphatic rings. The van der Waals surface area contributed by atoms with E-state index in [0.29, 0.717) is 46.7 Å². The standard InChI is InChI=1S/C32H31N5O5S/c1-3-27(30(39)34-16-20-10-8-19(2)9-11-20)43-32-36-23-7-5-4-6-22(23)29-35-24(31(40)37(29)32)15-28(38)33-17-21-12-13-25-26(14-21)42-18-41-25/h4-14,24,27H,3,15-18H2,1-2H3,(H,33,38)(H,34,39). The number of aliphatic imine (C=N–C) groups is 2. The smallest absolute Gasteiger partial charge is 0.259 e. The second-order valence-corrected chi connectivity index (χ2v) is 11.6. The van der Waals surface area contributed by atoms with Crippen LogP contribution in [0.1, 0.15) is 42.0 Å². The molecular weight excluding hydrogens is 566 g/mol. The zero-order valence-electron chi connectivity index (χ0n) is 23.8. The quantitative estimate of drug-likeness (QED) is 0.381. The van der Waals surface area contributed by atoms with Crippen molar-refractivity contribution in [3.8, 4) is 11.5 Å². The molecule has 10 nitrogen and oxygen atoms in total. The van der Waals surface area contributed by atoms with Crippen molar-refractivity contribution in [2.75, 3.05) is 6.79 Å². The van der Waals surface area contributed by atoms with Crippen molar-refractivity contribution in [2.45, 2.75) is 51.1 Å². The second-order valence-electron chi connectivity index (χ2n) is 10.4. The molecule has 0 spiro atoms. The molecule has 0 aromatic heterocycles. The van der Waals surface area contributed by atoms with Crippen molar-refractivity contribution in [3.63, 3.8) is 0 Å². The summed E-state index contributed by atoms with van der Waals surface area (Å²) in [5.41, 5.74) is 4.38. The second kappa shape index (κ2) is 12.3. The van der Waals surface area contributed by atoms with Gasteiger partial charge in [-0.05, 0) is 48.7 Å². The number of benzene rings is 3. The third kappa shape index (κ3) is 6.12. The van der Waals surface area contributed by atoms with Gasteiger partial charge in [0.15, 0.2) is 16.7 Å². The molecule has 3 aromatic rings. The van der Waals surface area contributed by atoms with E-state index in [2.05, 4.69) is 15.6 Å². The van der Waals surface area contributed by atoms with E-state index in [0.717, 1.165) is 16.7 Å². The van der Waals surface area contributed by atoms with Crippen molar-refractivity contribution in [3.05, 3.63) is 89.0 Å². The average Bonchev–Trinajstić information content (AvgIpc) is 3.62. The molecule has 0 aliphatic carbocycles. The number of nitrogens with zero attached hydrogens (tertiary/aromatic N) is 3. The Balaban J connectivity index is 1.14. The molecule has 3 amide bonds. The van der Waals surface area contributed by atoms with Crippen LogP contribution in [-0.2, 0) is 27.5 Å². The molecule has 0 fully saturated rings. The summed E-state index contributed by atoms with van der Waals surface area (Å²) in [6.45, 7) is 4.80. The number of hydrogen-bond donors (Lipinski definition) is 2. The molecular formula is C32H31N5O5S. The van der Waals surface area contributed by atoms with Crippen LogP contribution in [0.4, 0.5) is 5.69 Å². The lowest BCUT2D eigenvalue weighted by Gasteiger charge is -2.27. The van der Waals surface area contributed by atoms with Crippen molar-refractivity contribution in [1.29, 1.82) is 0 Å². The van der Waals surface area contributed by atoms with Gasteiger partial charge in [0.25, 0.3) is 5.91 Å². The molecule has 220 valence electrons. The molecule has 0 saturated carbocycles. The van der Waals surface area contributed by atoms with Crippen LogP contribution < -0.4 is 20.1 Å². The number of thioether (sulfide) groups is 1. The Morgan fingerprint density at radius 2 is 1.74 bits per heavy atom. The number of nitrogens with one attached hydrogen (secondary N) is 2. The molecule has 0 bridgehead atoms. The van der Waals surface area contributed by atoms with Gasteiger partial charge in [0.05, 0.1) is 17.4 Å². The minimum atomic E-state index is -0.904. The molecule has 2 unspecified atom stereocenters. The number of ether oxygens (including phenoxy) is 2. The molecule has 3 heterocycles. The fraction of sp³-hybridized carbons (Fsp3) is 0.281. The lowest BCUT2D eigenvalue weighted by Crippen LogP contribution is -2.43. The summed E-state index contributed by atoms with van der Waals surface area (Å²) >= 11 is 1.23. The number of para-hydroxylation sites is 1. The molecule has 3 aliphatic heterocycles. The summed E-state index contributed by atoms with van der Waals surface area (Å²) in [5.74, 6) is 0.966. The van der Waals surface area contributed by atoms with Crippen molar-refractivity contribution >= 4 is 46.2 Å². The molecule has 2 atom stereocenters. The maximum atomic E-state index is 13.7. The summed E-state index contributed by atoms with van der Waals surface area (Å²) in [6.07, 6.45) is 0.420. The molecule has 2 N–H and O–H groups in total. The Labute approximate surface area is 253 Å². The molecule has 3 aromatic carbocycles. The topological polar surface area (TPSA) is 122 Å². The van der Waals surface area contributed by atoms with Gasteiger partial charge >= 0.3 is 0 Å². The lowest BCUT2D eigenvalue weighted by molar-refractivity contribution is -0.128. The number of amides is 3. The Bertz CT molecular complexity index is 1640. The van der Waals surface area contributed by atoms with Crippen LogP contribution in [0.2, 0.25) is 0 Å². The van der Waals surface area contributed by atoms with Gasteiger partial charge in [0.2, 0.25) is 18.6 Å². The number of amidine groups is 2. The monoisotopic (exact) mass is 597 g/mol. The van der Waals surface area contributed by atoms with E-state index in [1.165, 1.54) is 16.7 Å². The zero-order chi connectivity index (χ0) is 29.9. The third-order valence-electron chi connectivity index (χ3n) is 7.35. The number of aryl methyl sites for hydroxylation is 1. The number of rotatable bonds is 9. The summed E-state index contributed by atoms with van der Waals surface area (Å²) < 4.78 is 10.7. The highest BCUT2D eigenvalue weighted by Crippen LogP contribution is 2.36. The zero-order valence-corrected chi connectivity index (χ0v) is 24.6. The number of hydrogen-bond acceptors (Lipinski definition) is 8. The van der Waals surface area contributed by atoms with E-state index in [1.807, 2.05) is 74.5 Å². The highest BCUT2D eigenvalue weighted by Gasteiger charge is 2.43. The molecule has 0 radical (unpaired) electrons. The minimum Gasteiger partial charge on any atom is -0.454 e. The van der Waals surface area contributed by atoms with E-state index in [4.69, 9.17) is 14.5 Å². The van der Waals surface area contributed by atoms with Crippen LogP contribution >= 0.6 is 11.8 Å². The van der Waals surface area contributed by atoms with Gasteiger partial charge in [0.1, 0.15) is 11.9 Å². The molecule has 0 saturated heterocycles. The molecule has 11 heteroatoms. The highest BCUT2D eigenvalue weighted by atomic mass is 32.2. The Hall–Kier alpha value is -4.64. The van der Waals surface area contributed by atoms with Crippen LogP contribution in [0.15, 0.2) is 76.7 Å². The highest BCUT2D eigenvalue weighted by molar-refractivity contribution is 8.15. The third-order valence-corrected chi connectivity index (χ3v) is 8.67. The maximum Gasteiger partial charge on any atom is 0.259 e. The lowest BCUT2D eigenvalue weighted by atomic mass is 10.1. The van der Waals surface area contributed by atoms with Gasteiger partial charge in [0, 0.05) is 18.7 Å². The van der Waals surface area contributed by atoms with E-state index in [9.17, 15) is 14.4 Å². The molecule has 43 heavy (non-hydrogen) atoms. The first-order valence-electron chi connectivity index (χ1n) is 14.1. The van der Waals surface area contributed by atoms with Gasteiger partial charge in [-0.15, -0.1) is 0 Å². The number of fused-ring (bicyclic) bond motifs is 4. The largest absolute Gasteiger partial charge is 0.454 e. The van der Waals surface area contributed by atoms with Crippen LogP contribution in [0, 0.1) is 6.92 Å². The Morgan fingerprint density at radius 3 is 2.56 bits per heavy atom. The van der Waals surface area contributed by atoms with Crippen LogP contribution in [0.5, 0.6) is 11.5 Å². The van der Waals surface area contributed by atoms with Gasteiger partial charge < -0.3 is 20.1 Å². The van der Waals surface area contributed by atoms with Crippen LogP contribution in [-0.4, -0.2) is 51.7 Å². The normalized spacial score (nSPS) is 17.0. The van der Waals surface area contributed by atoms with Gasteiger partial charge in [-0.2, -0.15) is 0 Å². The van der Waals surface area contributed by atoms with Crippen molar-refractivity contribution in [1.82, 2.24) is 15.5 Å². The molecule has 6 rings (SSSR count). The van der Waals surface area contributed by atoms with Gasteiger partial charge in [-0.3, -0.25) is 19.4 Å². The van der Waals surface area contributed by atoms with Gasteiger partial charge in [-0.1, -0.05) is 66.7 Å². The fourth-order valence-corrected chi connectivity index (χ4v) is 6.02. The number of carbonyl (C=O) groups is 3. The summed E-state index contributed by atoms with van der Waals surface area (Å²) in [6, 6.07) is 20.0. The fourth-order valence-electron chi connectivity index (χ4n) is 4.97. The first-order chi connectivity index (χ1) is 20.9. The first kappa shape index (κ1) is 28.5. The first-order valence-corrected chi connectivity index (χ1v) is 15.0. The average molecular weight is 598 g/mol. The predicted molar refractivity (Wildman–Crippen MR) is 164 cm³/mol. The predicted octanol–water partition coefficient (Wildman–Crippen LogP) is 4.22. The summed E-state index contributed by atoms with van der Waals surface area (Å²) in [7, 11) is 0. The summed E-state index contributed by atoms with van der Waals surface area (Å²) in [4.78, 5) is 50.7. The Kier molecular flexibility index (Phi) is 8.15. The van der Waals surface area contributed by atoms with E-state index >= 15 is 0 Å². The van der Waals surface area contributed by atoms with Gasteiger partial charge in [-0.25, -0.2) is 9.89 Å². The van der Waals surface area contributed by atoms with Crippen molar-refractivity contribution in [2.24, 2.45) is 9.98 Å². The maximum absolute atomic E-state index is 13.7. The number of carbonyl (C=O) groups excluding carboxylic acids is 3. The van der Waals surface area contributed by atoms with E-state index in [-0.39, 0.29) is 37.5 Å². The van der Waals surface area contributed by atoms with Crippen LogP contribution in [0.3, 0.4) is 0 Å². The van der Waals surface area contributed by atoms with E-state index in [1.54, 1.807) is 6.07 Å². The van der Waals surface area contributed by atoms with E-state index < -0.39 is 11.3 Å². The minimum absolute atomic E-state index is 0.113.